The number of esters is 1. The van der Waals surface area contributed by atoms with Gasteiger partial charge in [-0.25, -0.2) is 4.79 Å². The van der Waals surface area contributed by atoms with Crippen LogP contribution in [0.4, 0.5) is 5.69 Å². The third kappa shape index (κ3) is 2.10. The van der Waals surface area contributed by atoms with Crippen molar-refractivity contribution < 1.29 is 9.53 Å². The monoisotopic (exact) mass is 186 g/mol. The minimum atomic E-state index is -0.402. The number of ether oxygens (including phenoxy) is 1. The Morgan fingerprint density at radius 2 is 2.29 bits per heavy atom. The zero-order chi connectivity index (χ0) is 10.6. The standard InChI is InChI=1S/C9H10B2NO2/c1-11-6-3-4-7(9(13)14-2)8(5-6)12-10/h3-5,12H,1-2H3. The Morgan fingerprint density at radius 1 is 1.57 bits per heavy atom. The maximum absolute atomic E-state index is 11.3. The van der Waals surface area contributed by atoms with E-state index < -0.39 is 5.97 Å². The van der Waals surface area contributed by atoms with E-state index in [1.165, 1.54) is 7.11 Å². The van der Waals surface area contributed by atoms with Crippen molar-refractivity contribution in [1.29, 1.82) is 0 Å². The first-order valence-electron chi connectivity index (χ1n) is 4.21. The number of rotatable bonds is 3. The summed E-state index contributed by atoms with van der Waals surface area (Å²) in [5.74, 6) is -0.402. The molecule has 0 fully saturated rings. The first-order valence-corrected chi connectivity index (χ1v) is 4.21. The van der Waals surface area contributed by atoms with Gasteiger partial charge in [0.05, 0.1) is 12.7 Å². The second-order valence-electron chi connectivity index (χ2n) is 2.73. The van der Waals surface area contributed by atoms with Crippen LogP contribution >= 0.6 is 0 Å². The first kappa shape index (κ1) is 10.7. The molecule has 0 saturated carbocycles. The summed E-state index contributed by atoms with van der Waals surface area (Å²) in [6.45, 7) is 1.91. The van der Waals surface area contributed by atoms with Crippen molar-refractivity contribution in [3.63, 3.8) is 0 Å². The molecule has 0 aliphatic carbocycles. The summed E-state index contributed by atoms with van der Waals surface area (Å²) in [7, 11) is 8.55. The molecule has 0 unspecified atom stereocenters. The predicted octanol–water partition coefficient (Wildman–Crippen LogP) is 0.346. The molecule has 0 saturated heterocycles. The Balaban J connectivity index is 3.11. The van der Waals surface area contributed by atoms with Crippen molar-refractivity contribution in [3.8, 4) is 0 Å². The minimum absolute atomic E-state index is 0.402. The molecule has 1 aromatic rings. The lowest BCUT2D eigenvalue weighted by Gasteiger charge is -2.08. The summed E-state index contributed by atoms with van der Waals surface area (Å²) in [6, 6.07) is 5.29. The summed E-state index contributed by atoms with van der Waals surface area (Å²) in [6.07, 6.45) is 0. The lowest BCUT2D eigenvalue weighted by atomic mass is 9.73. The summed E-state index contributed by atoms with van der Waals surface area (Å²) in [5, 5.41) is 2.46. The van der Waals surface area contributed by atoms with Crippen LogP contribution in [0.3, 0.4) is 0 Å². The Morgan fingerprint density at radius 3 is 2.79 bits per heavy atom. The Hall–Kier alpha value is -1.38. The minimum Gasteiger partial charge on any atom is -0.465 e. The highest BCUT2D eigenvalue weighted by atomic mass is 16.5. The van der Waals surface area contributed by atoms with Crippen molar-refractivity contribution in [2.24, 2.45) is 0 Å². The third-order valence-corrected chi connectivity index (χ3v) is 1.94. The van der Waals surface area contributed by atoms with Crippen LogP contribution in [0.25, 0.3) is 0 Å². The molecule has 0 amide bonds. The van der Waals surface area contributed by atoms with Gasteiger partial charge in [0.2, 0.25) is 7.98 Å². The van der Waals surface area contributed by atoms with E-state index in [4.69, 9.17) is 7.98 Å². The van der Waals surface area contributed by atoms with E-state index in [0.717, 1.165) is 5.46 Å². The maximum atomic E-state index is 11.3. The first-order chi connectivity index (χ1) is 6.72. The lowest BCUT2D eigenvalue weighted by Crippen LogP contribution is -2.15. The molecule has 1 aromatic carbocycles. The number of hydrogen-bond donors (Lipinski definition) is 1. The van der Waals surface area contributed by atoms with Crippen molar-refractivity contribution in [2.75, 3.05) is 12.3 Å². The molecule has 0 atom stereocenters. The number of methoxy groups -OCH3 is 1. The SMILES string of the molecule is [B]Nc1cc([B]C)ccc1C(=O)OC. The summed E-state index contributed by atoms with van der Waals surface area (Å²) < 4.78 is 4.61. The number of anilines is 1. The van der Waals surface area contributed by atoms with Gasteiger partial charge < -0.3 is 9.96 Å². The molecule has 0 aliphatic heterocycles. The van der Waals surface area contributed by atoms with Crippen LogP contribution in [0.5, 0.6) is 0 Å². The van der Waals surface area contributed by atoms with Crippen LogP contribution < -0.4 is 10.7 Å². The molecule has 1 N–H and O–H groups in total. The van der Waals surface area contributed by atoms with Crippen LogP contribution in [0.2, 0.25) is 6.82 Å². The summed E-state index contributed by atoms with van der Waals surface area (Å²) >= 11 is 0. The molecule has 14 heavy (non-hydrogen) atoms. The molecule has 1 rings (SSSR count). The van der Waals surface area contributed by atoms with Gasteiger partial charge in [-0.15, -0.1) is 0 Å². The van der Waals surface area contributed by atoms with E-state index in [-0.39, 0.29) is 0 Å². The largest absolute Gasteiger partial charge is 0.465 e. The fourth-order valence-electron chi connectivity index (χ4n) is 1.15. The van der Waals surface area contributed by atoms with E-state index in [2.05, 4.69) is 9.96 Å². The van der Waals surface area contributed by atoms with Crippen LogP contribution in [0.15, 0.2) is 18.2 Å². The topological polar surface area (TPSA) is 38.3 Å². The second-order valence-corrected chi connectivity index (χ2v) is 2.73. The Kier molecular flexibility index (Phi) is 3.63. The molecule has 0 bridgehead atoms. The zero-order valence-electron chi connectivity index (χ0n) is 8.20. The molecule has 0 aliphatic rings. The van der Waals surface area contributed by atoms with Gasteiger partial charge in [0.15, 0.2) is 0 Å². The highest BCUT2D eigenvalue weighted by Crippen LogP contribution is 2.13. The molecule has 3 radical (unpaired) electrons. The van der Waals surface area contributed by atoms with Crippen LogP contribution in [-0.2, 0) is 4.74 Å². The van der Waals surface area contributed by atoms with E-state index in [9.17, 15) is 4.79 Å². The highest BCUT2D eigenvalue weighted by Gasteiger charge is 2.10. The summed E-state index contributed by atoms with van der Waals surface area (Å²) in [5.41, 5.74) is 1.98. The fraction of sp³-hybridized carbons (Fsp3) is 0.222. The number of hydrogen-bond acceptors (Lipinski definition) is 3. The quantitative estimate of drug-likeness (QED) is 0.546. The lowest BCUT2D eigenvalue weighted by molar-refractivity contribution is 0.0602. The van der Waals surface area contributed by atoms with Crippen LogP contribution in [0.1, 0.15) is 10.4 Å². The van der Waals surface area contributed by atoms with Gasteiger partial charge in [-0.05, 0) is 12.1 Å². The summed E-state index contributed by atoms with van der Waals surface area (Å²) in [4.78, 5) is 11.3. The van der Waals surface area contributed by atoms with Crippen molar-refractivity contribution in [2.45, 2.75) is 6.82 Å². The van der Waals surface area contributed by atoms with E-state index >= 15 is 0 Å². The number of carbonyl (C=O) groups excluding carboxylic acids is 1. The van der Waals surface area contributed by atoms with Crippen molar-refractivity contribution in [1.82, 2.24) is 0 Å². The smallest absolute Gasteiger partial charge is 0.339 e. The number of benzene rings is 1. The van der Waals surface area contributed by atoms with Gasteiger partial charge in [0, 0.05) is 5.69 Å². The number of nitrogens with one attached hydrogen (secondary N) is 1. The van der Waals surface area contributed by atoms with Gasteiger partial charge >= 0.3 is 5.97 Å². The van der Waals surface area contributed by atoms with Gasteiger partial charge in [-0.2, -0.15) is 0 Å². The van der Waals surface area contributed by atoms with E-state index in [1.54, 1.807) is 12.1 Å². The molecular weight excluding hydrogens is 176 g/mol. The van der Waals surface area contributed by atoms with Crippen LogP contribution in [-0.4, -0.2) is 28.3 Å². The molecule has 3 nitrogen and oxygen atoms in total. The van der Waals surface area contributed by atoms with Gasteiger partial charge in [-0.1, -0.05) is 18.4 Å². The van der Waals surface area contributed by atoms with E-state index in [1.807, 2.05) is 20.2 Å². The molecular formula is C9H10B2NO2. The average Bonchev–Trinajstić information content (AvgIpc) is 2.27. The van der Waals surface area contributed by atoms with Gasteiger partial charge in [0.25, 0.3) is 0 Å². The molecule has 5 heteroatoms. The average molecular weight is 186 g/mol. The normalized spacial score (nSPS) is 9.29. The predicted molar refractivity (Wildman–Crippen MR) is 58.4 cm³/mol. The van der Waals surface area contributed by atoms with Crippen molar-refractivity contribution >= 4 is 32.4 Å². The van der Waals surface area contributed by atoms with Gasteiger partial charge in [-0.3, -0.25) is 0 Å². The molecule has 0 aromatic heterocycles. The van der Waals surface area contributed by atoms with Crippen molar-refractivity contribution in [3.05, 3.63) is 23.8 Å². The molecule has 69 valence electrons. The number of carbonyl (C=O) groups is 1. The Labute approximate surface area is 85.5 Å². The molecule has 0 heterocycles. The van der Waals surface area contributed by atoms with E-state index in [0.29, 0.717) is 11.3 Å². The zero-order valence-corrected chi connectivity index (χ0v) is 8.20. The Bertz CT molecular complexity index is 342. The molecule has 0 spiro atoms. The van der Waals surface area contributed by atoms with Crippen LogP contribution in [0, 0.1) is 0 Å². The highest BCUT2D eigenvalue weighted by molar-refractivity contribution is 6.52. The second kappa shape index (κ2) is 4.74. The fourth-order valence-corrected chi connectivity index (χ4v) is 1.15. The third-order valence-electron chi connectivity index (χ3n) is 1.94. The van der Waals surface area contributed by atoms with Gasteiger partial charge in [0.1, 0.15) is 7.28 Å². The maximum Gasteiger partial charge on any atom is 0.339 e.